The fourth-order valence-corrected chi connectivity index (χ4v) is 1.87. The molecule has 16 heavy (non-hydrogen) atoms. The van der Waals surface area contributed by atoms with Crippen LogP contribution in [0.5, 0.6) is 0 Å². The molecule has 0 aliphatic carbocycles. The zero-order valence-electron chi connectivity index (χ0n) is 10.3. The van der Waals surface area contributed by atoms with Gasteiger partial charge in [0.1, 0.15) is 0 Å². The van der Waals surface area contributed by atoms with Crippen molar-refractivity contribution in [3.8, 4) is 0 Å². The molecule has 2 atom stereocenters. The third kappa shape index (κ3) is 3.89. The smallest absolute Gasteiger partial charge is 0.0741 e. The normalized spacial score (nSPS) is 15.9. The van der Waals surface area contributed by atoms with Crippen LogP contribution in [-0.4, -0.2) is 16.7 Å². The Hall–Kier alpha value is -0.380. The highest BCUT2D eigenvalue weighted by Crippen LogP contribution is 2.20. The minimum absolute atomic E-state index is 0.0430. The zero-order valence-corrected chi connectivity index (χ0v) is 11.9. The maximum absolute atomic E-state index is 9.86. The Labute approximate surface area is 106 Å². The van der Waals surface area contributed by atoms with Gasteiger partial charge in [-0.15, -0.1) is 0 Å². The highest BCUT2D eigenvalue weighted by Gasteiger charge is 2.23. The van der Waals surface area contributed by atoms with Crippen LogP contribution in [0.2, 0.25) is 0 Å². The molecule has 0 heterocycles. The fraction of sp³-hybridized carbons (Fsp3) is 0.538. The molecule has 0 aliphatic rings. The zero-order chi connectivity index (χ0) is 12.3. The minimum atomic E-state index is -0.708. The van der Waals surface area contributed by atoms with Crippen LogP contribution in [0.15, 0.2) is 28.7 Å². The van der Waals surface area contributed by atoms with Crippen molar-refractivity contribution in [2.45, 2.75) is 45.4 Å². The average Bonchev–Trinajstić information content (AvgIpc) is 2.16. The minimum Gasteiger partial charge on any atom is -0.389 e. The number of hydrogen-bond acceptors (Lipinski definition) is 2. The molecular formula is C13H20BrNO. The predicted molar refractivity (Wildman–Crippen MR) is 71.5 cm³/mol. The average molecular weight is 286 g/mol. The van der Waals surface area contributed by atoms with Gasteiger partial charge in [0.15, 0.2) is 0 Å². The lowest BCUT2D eigenvalue weighted by Gasteiger charge is -2.30. The molecule has 0 saturated carbocycles. The summed E-state index contributed by atoms with van der Waals surface area (Å²) >= 11 is 3.46. The fourth-order valence-electron chi connectivity index (χ4n) is 1.45. The van der Waals surface area contributed by atoms with Gasteiger partial charge in [-0.2, -0.15) is 0 Å². The molecule has 0 amide bonds. The first-order valence-corrected chi connectivity index (χ1v) is 6.34. The third-order valence-corrected chi connectivity index (χ3v) is 3.40. The number of hydrogen-bond donors (Lipinski definition) is 2. The molecule has 2 N–H and O–H groups in total. The molecule has 0 fully saturated rings. The van der Waals surface area contributed by atoms with Gasteiger partial charge in [-0.1, -0.05) is 28.1 Å². The summed E-state index contributed by atoms with van der Waals surface area (Å²) in [6.07, 6.45) is 0. The number of benzene rings is 1. The Morgan fingerprint density at radius 1 is 1.31 bits per heavy atom. The van der Waals surface area contributed by atoms with Gasteiger partial charge < -0.3 is 10.4 Å². The van der Waals surface area contributed by atoms with E-state index in [1.54, 1.807) is 0 Å². The summed E-state index contributed by atoms with van der Waals surface area (Å²) in [4.78, 5) is 0. The Balaban J connectivity index is 2.69. The van der Waals surface area contributed by atoms with Crippen LogP contribution in [0.1, 0.15) is 39.3 Å². The molecule has 1 aromatic rings. The number of rotatable bonds is 4. The Morgan fingerprint density at radius 3 is 2.44 bits per heavy atom. The van der Waals surface area contributed by atoms with Gasteiger partial charge in [-0.05, 0) is 45.4 Å². The highest BCUT2D eigenvalue weighted by molar-refractivity contribution is 9.10. The van der Waals surface area contributed by atoms with Crippen LogP contribution >= 0.6 is 15.9 Å². The molecule has 2 nitrogen and oxygen atoms in total. The SMILES string of the molecule is CC(N[C@@H](C)c1cccc(Br)c1)C(C)(C)O. The van der Waals surface area contributed by atoms with Gasteiger partial charge in [0.2, 0.25) is 0 Å². The molecule has 90 valence electrons. The van der Waals surface area contributed by atoms with Crippen LogP contribution in [0.3, 0.4) is 0 Å². The first-order chi connectivity index (χ1) is 7.30. The van der Waals surface area contributed by atoms with Crippen LogP contribution in [0.25, 0.3) is 0 Å². The molecule has 0 saturated heterocycles. The van der Waals surface area contributed by atoms with Gasteiger partial charge in [0.05, 0.1) is 5.60 Å². The van der Waals surface area contributed by atoms with E-state index in [1.807, 2.05) is 32.9 Å². The highest BCUT2D eigenvalue weighted by atomic mass is 79.9. The Morgan fingerprint density at radius 2 is 1.94 bits per heavy atom. The van der Waals surface area contributed by atoms with Crippen molar-refractivity contribution in [1.29, 1.82) is 0 Å². The lowest BCUT2D eigenvalue weighted by Crippen LogP contribution is -2.45. The Kier molecular flexibility index (Phi) is 4.53. The first kappa shape index (κ1) is 13.7. The summed E-state index contributed by atoms with van der Waals surface area (Å²) in [7, 11) is 0. The van der Waals surface area contributed by atoms with E-state index in [1.165, 1.54) is 5.56 Å². The van der Waals surface area contributed by atoms with Crippen LogP contribution in [0.4, 0.5) is 0 Å². The molecule has 1 aromatic carbocycles. The van der Waals surface area contributed by atoms with E-state index in [9.17, 15) is 5.11 Å². The quantitative estimate of drug-likeness (QED) is 0.890. The lowest BCUT2D eigenvalue weighted by molar-refractivity contribution is 0.0405. The van der Waals surface area contributed by atoms with Crippen molar-refractivity contribution < 1.29 is 5.11 Å². The maximum atomic E-state index is 9.86. The maximum Gasteiger partial charge on any atom is 0.0741 e. The lowest BCUT2D eigenvalue weighted by atomic mass is 9.98. The molecule has 0 bridgehead atoms. The molecule has 1 unspecified atom stereocenters. The van der Waals surface area contributed by atoms with Crippen LogP contribution < -0.4 is 5.32 Å². The molecular weight excluding hydrogens is 266 g/mol. The molecule has 3 heteroatoms. The van der Waals surface area contributed by atoms with Crippen molar-refractivity contribution in [2.24, 2.45) is 0 Å². The van der Waals surface area contributed by atoms with Gasteiger partial charge >= 0.3 is 0 Å². The number of nitrogens with one attached hydrogen (secondary N) is 1. The first-order valence-electron chi connectivity index (χ1n) is 5.54. The number of halogens is 1. The van der Waals surface area contributed by atoms with Crippen LogP contribution in [-0.2, 0) is 0 Å². The summed E-state index contributed by atoms with van der Waals surface area (Å²) in [5.41, 5.74) is 0.505. The van der Waals surface area contributed by atoms with E-state index >= 15 is 0 Å². The van der Waals surface area contributed by atoms with Gasteiger partial charge in [0.25, 0.3) is 0 Å². The summed E-state index contributed by atoms with van der Waals surface area (Å²) in [5, 5.41) is 13.3. The van der Waals surface area contributed by atoms with E-state index in [-0.39, 0.29) is 12.1 Å². The Bertz CT molecular complexity index is 346. The topological polar surface area (TPSA) is 32.3 Å². The van der Waals surface area contributed by atoms with Gasteiger partial charge in [-0.25, -0.2) is 0 Å². The monoisotopic (exact) mass is 285 g/mol. The largest absolute Gasteiger partial charge is 0.389 e. The van der Waals surface area contributed by atoms with Crippen LogP contribution in [0, 0.1) is 0 Å². The summed E-state index contributed by atoms with van der Waals surface area (Å²) in [6.45, 7) is 7.73. The van der Waals surface area contributed by atoms with Crippen molar-refractivity contribution in [1.82, 2.24) is 5.32 Å². The van der Waals surface area contributed by atoms with Crippen molar-refractivity contribution in [3.05, 3.63) is 34.3 Å². The second-order valence-corrected chi connectivity index (χ2v) is 5.73. The predicted octanol–water partition coefficient (Wildman–Crippen LogP) is 3.26. The molecule has 0 spiro atoms. The number of aliphatic hydroxyl groups is 1. The van der Waals surface area contributed by atoms with Crippen molar-refractivity contribution in [2.75, 3.05) is 0 Å². The van der Waals surface area contributed by atoms with Crippen molar-refractivity contribution in [3.63, 3.8) is 0 Å². The van der Waals surface area contributed by atoms with Gasteiger partial charge in [-0.3, -0.25) is 0 Å². The van der Waals surface area contributed by atoms with E-state index in [0.717, 1.165) is 4.47 Å². The molecule has 0 radical (unpaired) electrons. The molecule has 0 aromatic heterocycles. The molecule has 1 rings (SSSR count). The van der Waals surface area contributed by atoms with E-state index in [0.29, 0.717) is 0 Å². The second kappa shape index (κ2) is 5.30. The summed E-state index contributed by atoms with van der Waals surface area (Å²) in [6, 6.07) is 8.47. The van der Waals surface area contributed by atoms with Gasteiger partial charge in [0, 0.05) is 16.6 Å². The second-order valence-electron chi connectivity index (χ2n) is 4.82. The summed E-state index contributed by atoms with van der Waals surface area (Å²) < 4.78 is 1.08. The summed E-state index contributed by atoms with van der Waals surface area (Å²) in [5.74, 6) is 0. The van der Waals surface area contributed by atoms with E-state index in [2.05, 4.69) is 40.3 Å². The van der Waals surface area contributed by atoms with E-state index < -0.39 is 5.60 Å². The molecule has 0 aliphatic heterocycles. The van der Waals surface area contributed by atoms with Crippen molar-refractivity contribution >= 4 is 15.9 Å². The third-order valence-electron chi connectivity index (χ3n) is 2.91. The standard InChI is InChI=1S/C13H20BrNO/c1-9(15-10(2)13(3,4)16)11-6-5-7-12(14)8-11/h5-10,15-16H,1-4H3/t9-,10?/m0/s1. The van der Waals surface area contributed by atoms with E-state index in [4.69, 9.17) is 0 Å².